The van der Waals surface area contributed by atoms with Crippen LogP contribution in [0.15, 0.2) is 0 Å². The highest BCUT2D eigenvalue weighted by Gasteiger charge is 2.38. The third kappa shape index (κ3) is 2.74. The summed E-state index contributed by atoms with van der Waals surface area (Å²) in [6, 6.07) is -0.812. The third-order valence-corrected chi connectivity index (χ3v) is 3.68. The van der Waals surface area contributed by atoms with E-state index in [1.807, 2.05) is 13.8 Å². The van der Waals surface area contributed by atoms with Gasteiger partial charge in [-0.3, -0.25) is 9.59 Å². The second-order valence-electron chi connectivity index (χ2n) is 5.24. The topological polar surface area (TPSA) is 66.4 Å². The molecule has 92 valence electrons. The van der Waals surface area contributed by atoms with Crippen molar-refractivity contribution in [3.8, 4) is 0 Å². The van der Waals surface area contributed by atoms with Gasteiger partial charge in [0.2, 0.25) is 5.91 Å². The smallest absolute Gasteiger partial charge is 0.325 e. The van der Waals surface area contributed by atoms with E-state index >= 15 is 0 Å². The van der Waals surface area contributed by atoms with Gasteiger partial charge < -0.3 is 10.4 Å². The molecule has 0 bridgehead atoms. The van der Waals surface area contributed by atoms with Crippen molar-refractivity contribution >= 4 is 11.9 Å². The summed E-state index contributed by atoms with van der Waals surface area (Å²) in [5.74, 6) is -0.752. The molecule has 4 nitrogen and oxygen atoms in total. The van der Waals surface area contributed by atoms with Gasteiger partial charge in [-0.25, -0.2) is 0 Å². The molecular formula is C12H21NO3. The standard InChI is InChI=1S/C12H21NO3/c1-8(10(14)15)13-11(16)12(2,3)9-6-4-5-7-9/h8-9H,4-7H2,1-3H3,(H,13,16)(H,14,15)/t8-/m1/s1. The first-order valence-corrected chi connectivity index (χ1v) is 5.89. The maximum Gasteiger partial charge on any atom is 0.325 e. The summed E-state index contributed by atoms with van der Waals surface area (Å²) in [6.07, 6.45) is 4.50. The summed E-state index contributed by atoms with van der Waals surface area (Å²) in [5, 5.41) is 11.3. The van der Waals surface area contributed by atoms with Gasteiger partial charge >= 0.3 is 5.97 Å². The van der Waals surface area contributed by atoms with Crippen LogP contribution in [0.3, 0.4) is 0 Å². The highest BCUT2D eigenvalue weighted by molar-refractivity contribution is 5.86. The van der Waals surface area contributed by atoms with Crippen LogP contribution < -0.4 is 5.32 Å². The molecule has 4 heteroatoms. The van der Waals surface area contributed by atoms with Crippen LogP contribution in [0.2, 0.25) is 0 Å². The largest absolute Gasteiger partial charge is 0.480 e. The first kappa shape index (κ1) is 13.0. The minimum atomic E-state index is -0.990. The van der Waals surface area contributed by atoms with Crippen LogP contribution in [0.5, 0.6) is 0 Å². The third-order valence-electron chi connectivity index (χ3n) is 3.68. The Kier molecular flexibility index (Phi) is 3.94. The zero-order chi connectivity index (χ0) is 12.3. The normalized spacial score (nSPS) is 19.4. The number of nitrogens with one attached hydrogen (secondary N) is 1. The number of hydrogen-bond donors (Lipinski definition) is 2. The fourth-order valence-electron chi connectivity index (χ4n) is 2.28. The van der Waals surface area contributed by atoms with E-state index < -0.39 is 17.4 Å². The van der Waals surface area contributed by atoms with E-state index in [2.05, 4.69) is 5.32 Å². The van der Waals surface area contributed by atoms with Crippen molar-refractivity contribution in [2.24, 2.45) is 11.3 Å². The van der Waals surface area contributed by atoms with Crippen molar-refractivity contribution in [1.82, 2.24) is 5.32 Å². The predicted molar refractivity (Wildman–Crippen MR) is 61.0 cm³/mol. The van der Waals surface area contributed by atoms with Gasteiger partial charge in [-0.2, -0.15) is 0 Å². The van der Waals surface area contributed by atoms with Gasteiger partial charge in [0, 0.05) is 5.41 Å². The van der Waals surface area contributed by atoms with E-state index in [1.165, 1.54) is 19.8 Å². The molecule has 1 atom stereocenters. The van der Waals surface area contributed by atoms with Crippen molar-refractivity contribution < 1.29 is 14.7 Å². The van der Waals surface area contributed by atoms with E-state index in [-0.39, 0.29) is 5.91 Å². The van der Waals surface area contributed by atoms with E-state index in [9.17, 15) is 9.59 Å². The Morgan fingerprint density at radius 3 is 2.25 bits per heavy atom. The van der Waals surface area contributed by atoms with Gasteiger partial charge in [0.25, 0.3) is 0 Å². The molecule has 0 aromatic carbocycles. The fraction of sp³-hybridized carbons (Fsp3) is 0.833. The molecule has 1 aliphatic rings. The number of carbonyl (C=O) groups excluding carboxylic acids is 1. The Morgan fingerprint density at radius 1 is 1.31 bits per heavy atom. The molecule has 0 saturated heterocycles. The maximum absolute atomic E-state index is 12.0. The molecule has 1 amide bonds. The first-order valence-electron chi connectivity index (χ1n) is 5.89. The Bertz CT molecular complexity index is 280. The quantitative estimate of drug-likeness (QED) is 0.769. The number of aliphatic carboxylic acids is 1. The summed E-state index contributed by atoms with van der Waals surface area (Å²) in [5.41, 5.74) is -0.458. The van der Waals surface area contributed by atoms with Gasteiger partial charge in [0.1, 0.15) is 6.04 Å². The van der Waals surface area contributed by atoms with Gasteiger partial charge in [0.15, 0.2) is 0 Å². The van der Waals surface area contributed by atoms with Crippen LogP contribution in [0.25, 0.3) is 0 Å². The van der Waals surface area contributed by atoms with Crippen LogP contribution in [0.1, 0.15) is 46.5 Å². The SMILES string of the molecule is C[C@@H](NC(=O)C(C)(C)C1CCCC1)C(=O)O. The Labute approximate surface area is 96.4 Å². The molecule has 1 saturated carbocycles. The Hall–Kier alpha value is -1.06. The van der Waals surface area contributed by atoms with Gasteiger partial charge in [-0.05, 0) is 25.7 Å². The van der Waals surface area contributed by atoms with E-state index in [4.69, 9.17) is 5.11 Å². The van der Waals surface area contributed by atoms with Crippen LogP contribution in [0, 0.1) is 11.3 Å². The molecule has 0 heterocycles. The molecule has 16 heavy (non-hydrogen) atoms. The zero-order valence-electron chi connectivity index (χ0n) is 10.2. The van der Waals surface area contributed by atoms with Crippen molar-refractivity contribution in [2.45, 2.75) is 52.5 Å². The van der Waals surface area contributed by atoms with Crippen molar-refractivity contribution in [1.29, 1.82) is 0 Å². The first-order chi connectivity index (χ1) is 7.35. The summed E-state index contributed by atoms with van der Waals surface area (Å²) >= 11 is 0. The monoisotopic (exact) mass is 227 g/mol. The molecule has 0 aliphatic heterocycles. The molecule has 0 aromatic rings. The predicted octanol–water partition coefficient (Wildman–Crippen LogP) is 1.79. The van der Waals surface area contributed by atoms with Crippen LogP contribution >= 0.6 is 0 Å². The minimum Gasteiger partial charge on any atom is -0.480 e. The van der Waals surface area contributed by atoms with E-state index in [1.54, 1.807) is 0 Å². The minimum absolute atomic E-state index is 0.144. The summed E-state index contributed by atoms with van der Waals surface area (Å²) in [6.45, 7) is 5.31. The molecule has 0 aromatic heterocycles. The molecule has 0 spiro atoms. The average molecular weight is 227 g/mol. The van der Waals surface area contributed by atoms with Gasteiger partial charge in [-0.1, -0.05) is 26.7 Å². The number of amides is 1. The van der Waals surface area contributed by atoms with E-state index in [0.717, 1.165) is 12.8 Å². The molecule has 1 fully saturated rings. The molecule has 0 unspecified atom stereocenters. The molecule has 1 rings (SSSR count). The number of carbonyl (C=O) groups is 2. The summed E-state index contributed by atoms with van der Waals surface area (Å²) < 4.78 is 0. The number of carboxylic acids is 1. The van der Waals surface area contributed by atoms with Crippen molar-refractivity contribution in [2.75, 3.05) is 0 Å². The lowest BCUT2D eigenvalue weighted by Crippen LogP contribution is -2.47. The highest BCUT2D eigenvalue weighted by atomic mass is 16.4. The zero-order valence-corrected chi connectivity index (χ0v) is 10.2. The van der Waals surface area contributed by atoms with Crippen LogP contribution in [0.4, 0.5) is 0 Å². The lowest BCUT2D eigenvalue weighted by atomic mass is 9.77. The number of rotatable bonds is 4. The molecular weight excluding hydrogens is 206 g/mol. The van der Waals surface area contributed by atoms with Crippen LogP contribution in [-0.2, 0) is 9.59 Å². The van der Waals surface area contributed by atoms with E-state index in [0.29, 0.717) is 5.92 Å². The van der Waals surface area contributed by atoms with Gasteiger partial charge in [-0.15, -0.1) is 0 Å². The average Bonchev–Trinajstić information content (AvgIpc) is 2.70. The van der Waals surface area contributed by atoms with Gasteiger partial charge in [0.05, 0.1) is 0 Å². The second-order valence-corrected chi connectivity index (χ2v) is 5.24. The highest BCUT2D eigenvalue weighted by Crippen LogP contribution is 2.39. The lowest BCUT2D eigenvalue weighted by molar-refractivity contribution is -0.143. The lowest BCUT2D eigenvalue weighted by Gasteiger charge is -2.30. The number of carboxylic acid groups (broad SMARTS) is 1. The molecule has 0 radical (unpaired) electrons. The fourth-order valence-corrected chi connectivity index (χ4v) is 2.28. The maximum atomic E-state index is 12.0. The summed E-state index contributed by atoms with van der Waals surface area (Å²) in [4.78, 5) is 22.7. The Balaban J connectivity index is 2.60. The number of hydrogen-bond acceptors (Lipinski definition) is 2. The molecule has 2 N–H and O–H groups in total. The molecule has 1 aliphatic carbocycles. The Morgan fingerprint density at radius 2 is 1.81 bits per heavy atom. The van der Waals surface area contributed by atoms with Crippen molar-refractivity contribution in [3.05, 3.63) is 0 Å². The van der Waals surface area contributed by atoms with Crippen LogP contribution in [-0.4, -0.2) is 23.0 Å². The summed E-state index contributed by atoms with van der Waals surface area (Å²) in [7, 11) is 0. The van der Waals surface area contributed by atoms with Crippen molar-refractivity contribution in [3.63, 3.8) is 0 Å². The second kappa shape index (κ2) is 4.85.